The second-order valence-corrected chi connectivity index (χ2v) is 6.88. The van der Waals surface area contributed by atoms with Gasteiger partial charge in [0.05, 0.1) is 18.9 Å². The molecule has 0 spiro atoms. The molecule has 0 amide bonds. The first kappa shape index (κ1) is 15.1. The van der Waals surface area contributed by atoms with Gasteiger partial charge in [0, 0.05) is 50.9 Å². The minimum atomic E-state index is 0.666. The number of aromatic nitrogens is 2. The maximum atomic E-state index is 5.46. The van der Waals surface area contributed by atoms with Crippen LogP contribution < -0.4 is 4.90 Å². The highest BCUT2D eigenvalue weighted by Crippen LogP contribution is 2.21. The van der Waals surface area contributed by atoms with Crippen LogP contribution in [0.2, 0.25) is 0 Å². The summed E-state index contributed by atoms with van der Waals surface area (Å²) in [7, 11) is 0. The maximum absolute atomic E-state index is 5.46. The fourth-order valence-electron chi connectivity index (χ4n) is 3.79. The highest BCUT2D eigenvalue weighted by atomic mass is 16.5. The Balaban J connectivity index is 1.33. The third-order valence-electron chi connectivity index (χ3n) is 5.23. The number of anilines is 1. The number of hydrogen-bond donors (Lipinski definition) is 0. The van der Waals surface area contributed by atoms with E-state index < -0.39 is 0 Å². The van der Waals surface area contributed by atoms with Crippen molar-refractivity contribution in [3.8, 4) is 0 Å². The topological polar surface area (TPSA) is 41.5 Å². The third-order valence-corrected chi connectivity index (χ3v) is 5.23. The number of fused-ring (bicyclic) bond motifs is 1. The summed E-state index contributed by atoms with van der Waals surface area (Å²) in [6.07, 6.45) is 11.4. The van der Waals surface area contributed by atoms with Crippen molar-refractivity contribution in [3.05, 3.63) is 29.6 Å². The molecular formula is C18H26N4O. The zero-order valence-corrected chi connectivity index (χ0v) is 13.8. The van der Waals surface area contributed by atoms with Crippen molar-refractivity contribution in [3.63, 3.8) is 0 Å². The molecule has 5 heteroatoms. The number of nitrogens with zero attached hydrogens (tertiary/aromatic N) is 4. The fraction of sp³-hybridized carbons (Fsp3) is 0.667. The summed E-state index contributed by atoms with van der Waals surface area (Å²) in [5.74, 6) is 1.76. The van der Waals surface area contributed by atoms with Crippen LogP contribution in [0, 0.1) is 5.92 Å². The molecular weight excluding hydrogens is 288 g/mol. The van der Waals surface area contributed by atoms with Crippen LogP contribution in [0.1, 0.15) is 30.5 Å². The van der Waals surface area contributed by atoms with E-state index in [1.807, 2.05) is 6.20 Å². The van der Waals surface area contributed by atoms with Crippen LogP contribution in [0.15, 0.2) is 18.3 Å². The van der Waals surface area contributed by atoms with Crippen LogP contribution in [0.4, 0.5) is 5.95 Å². The largest absolute Gasteiger partial charge is 0.376 e. The van der Waals surface area contributed by atoms with Gasteiger partial charge >= 0.3 is 0 Å². The van der Waals surface area contributed by atoms with Crippen molar-refractivity contribution in [2.75, 3.05) is 44.2 Å². The molecule has 0 saturated carbocycles. The molecule has 1 aromatic rings. The van der Waals surface area contributed by atoms with Gasteiger partial charge in [-0.05, 0) is 25.2 Å². The van der Waals surface area contributed by atoms with Gasteiger partial charge in [0.25, 0.3) is 0 Å². The maximum Gasteiger partial charge on any atom is 0.225 e. The molecule has 3 aliphatic rings. The molecule has 1 atom stereocenters. The van der Waals surface area contributed by atoms with Crippen molar-refractivity contribution >= 4 is 5.95 Å². The van der Waals surface area contributed by atoms with E-state index >= 15 is 0 Å². The van der Waals surface area contributed by atoms with E-state index in [-0.39, 0.29) is 0 Å². The molecule has 1 unspecified atom stereocenters. The van der Waals surface area contributed by atoms with Gasteiger partial charge in [0.1, 0.15) is 0 Å². The average Bonchev–Trinajstić information content (AvgIpc) is 2.63. The first-order chi connectivity index (χ1) is 11.4. The van der Waals surface area contributed by atoms with E-state index in [4.69, 9.17) is 9.72 Å². The molecule has 1 fully saturated rings. The molecule has 1 aromatic heterocycles. The van der Waals surface area contributed by atoms with Gasteiger partial charge in [-0.2, -0.15) is 0 Å². The van der Waals surface area contributed by atoms with E-state index in [2.05, 4.69) is 26.9 Å². The third kappa shape index (κ3) is 3.56. The van der Waals surface area contributed by atoms with Crippen molar-refractivity contribution in [1.29, 1.82) is 0 Å². The molecule has 2 aliphatic heterocycles. The lowest BCUT2D eigenvalue weighted by atomic mass is 9.94. The standard InChI is InChI=1S/C18H26N4O/c1-2-4-15(5-3-1)13-21-7-9-22(10-8-21)18-19-12-16-14-23-11-6-17(16)20-18/h1-2,12,15H,3-11,13-14H2. The van der Waals surface area contributed by atoms with Crippen molar-refractivity contribution < 1.29 is 4.74 Å². The predicted molar refractivity (Wildman–Crippen MR) is 90.5 cm³/mol. The molecule has 1 aliphatic carbocycles. The Hall–Kier alpha value is -1.46. The van der Waals surface area contributed by atoms with E-state index in [1.165, 1.54) is 31.5 Å². The number of ether oxygens (including phenoxy) is 1. The summed E-state index contributed by atoms with van der Waals surface area (Å²) in [4.78, 5) is 14.3. The Morgan fingerprint density at radius 2 is 2.09 bits per heavy atom. The van der Waals surface area contributed by atoms with Crippen molar-refractivity contribution in [2.45, 2.75) is 32.3 Å². The predicted octanol–water partition coefficient (Wildman–Crippen LogP) is 2.03. The van der Waals surface area contributed by atoms with Crippen LogP contribution in [0.5, 0.6) is 0 Å². The van der Waals surface area contributed by atoms with Crippen LogP contribution in [0.3, 0.4) is 0 Å². The smallest absolute Gasteiger partial charge is 0.225 e. The van der Waals surface area contributed by atoms with Gasteiger partial charge in [0.2, 0.25) is 5.95 Å². The Morgan fingerprint density at radius 1 is 1.17 bits per heavy atom. The van der Waals surface area contributed by atoms with Gasteiger partial charge in [-0.3, -0.25) is 4.90 Å². The van der Waals surface area contributed by atoms with Crippen LogP contribution in [-0.2, 0) is 17.8 Å². The Bertz CT molecular complexity index is 566. The second-order valence-electron chi connectivity index (χ2n) is 6.88. The van der Waals surface area contributed by atoms with Crippen LogP contribution >= 0.6 is 0 Å². The van der Waals surface area contributed by atoms with Gasteiger partial charge in [-0.1, -0.05) is 12.2 Å². The molecule has 0 N–H and O–H groups in total. The minimum Gasteiger partial charge on any atom is -0.376 e. The average molecular weight is 314 g/mol. The molecule has 1 saturated heterocycles. The fourth-order valence-corrected chi connectivity index (χ4v) is 3.79. The summed E-state index contributed by atoms with van der Waals surface area (Å²) >= 11 is 0. The number of piperazine rings is 1. The summed E-state index contributed by atoms with van der Waals surface area (Å²) in [5, 5.41) is 0. The van der Waals surface area contributed by atoms with Gasteiger partial charge in [0.15, 0.2) is 0 Å². The summed E-state index contributed by atoms with van der Waals surface area (Å²) in [6.45, 7) is 7.04. The van der Waals surface area contributed by atoms with E-state index in [0.717, 1.165) is 56.6 Å². The van der Waals surface area contributed by atoms with Crippen LogP contribution in [-0.4, -0.2) is 54.2 Å². The highest BCUT2D eigenvalue weighted by molar-refractivity contribution is 5.34. The Morgan fingerprint density at radius 3 is 2.91 bits per heavy atom. The van der Waals surface area contributed by atoms with Gasteiger partial charge in [-0.15, -0.1) is 0 Å². The summed E-state index contributed by atoms with van der Waals surface area (Å²) in [6, 6.07) is 0. The molecule has 124 valence electrons. The molecule has 3 heterocycles. The summed E-state index contributed by atoms with van der Waals surface area (Å²) < 4.78 is 5.46. The normalized spacial score (nSPS) is 25.4. The second kappa shape index (κ2) is 6.97. The van der Waals surface area contributed by atoms with Gasteiger partial charge in [-0.25, -0.2) is 9.97 Å². The molecule has 23 heavy (non-hydrogen) atoms. The van der Waals surface area contributed by atoms with E-state index in [0.29, 0.717) is 6.61 Å². The lowest BCUT2D eigenvalue weighted by Gasteiger charge is -2.37. The lowest BCUT2D eigenvalue weighted by Crippen LogP contribution is -2.48. The SMILES string of the molecule is C1=CCC(CN2CCN(c3ncc4c(n3)CCOC4)CC2)CC1. The number of rotatable bonds is 3. The van der Waals surface area contributed by atoms with Crippen molar-refractivity contribution in [2.24, 2.45) is 5.92 Å². The molecule has 4 rings (SSSR count). The van der Waals surface area contributed by atoms with Gasteiger partial charge < -0.3 is 9.64 Å². The summed E-state index contributed by atoms with van der Waals surface area (Å²) in [5.41, 5.74) is 2.33. The van der Waals surface area contributed by atoms with E-state index in [9.17, 15) is 0 Å². The Kier molecular flexibility index (Phi) is 4.57. The van der Waals surface area contributed by atoms with Crippen LogP contribution in [0.25, 0.3) is 0 Å². The van der Waals surface area contributed by atoms with Crippen molar-refractivity contribution in [1.82, 2.24) is 14.9 Å². The highest BCUT2D eigenvalue weighted by Gasteiger charge is 2.23. The molecule has 0 bridgehead atoms. The lowest BCUT2D eigenvalue weighted by molar-refractivity contribution is 0.109. The first-order valence-electron chi connectivity index (χ1n) is 8.93. The monoisotopic (exact) mass is 314 g/mol. The van der Waals surface area contributed by atoms with E-state index in [1.54, 1.807) is 0 Å². The quantitative estimate of drug-likeness (QED) is 0.799. The number of hydrogen-bond acceptors (Lipinski definition) is 5. The Labute approximate surface area is 138 Å². The first-order valence-corrected chi connectivity index (χ1v) is 8.93. The number of allylic oxidation sites excluding steroid dienone is 2. The zero-order chi connectivity index (χ0) is 15.5. The molecule has 0 radical (unpaired) electrons. The molecule has 0 aromatic carbocycles. The molecule has 5 nitrogen and oxygen atoms in total. The zero-order valence-electron chi connectivity index (χ0n) is 13.8. The minimum absolute atomic E-state index is 0.666.